The number of carbonyl (C=O) groups is 1. The van der Waals surface area contributed by atoms with Gasteiger partial charge in [0.1, 0.15) is 6.07 Å². The van der Waals surface area contributed by atoms with Gasteiger partial charge in [-0.1, -0.05) is 18.2 Å². The first-order chi connectivity index (χ1) is 10.3. The Morgan fingerprint density at radius 2 is 1.52 bits per heavy atom. The molecule has 0 fully saturated rings. The number of hydrogen-bond donors (Lipinski definition) is 2. The average Bonchev–Trinajstić information content (AvgIpc) is 2.36. The molecule has 0 aliphatic rings. The zero-order chi connectivity index (χ0) is 18.3. The number of esters is 1. The Morgan fingerprint density at radius 3 is 1.83 bits per heavy atom. The number of carbonyl (C=O) groups excluding carboxylic acids is 1. The fourth-order valence-electron chi connectivity index (χ4n) is 0.996. The maximum absolute atomic E-state index is 11.4. The van der Waals surface area contributed by atoms with Gasteiger partial charge in [0.25, 0.3) is 0 Å². The third kappa shape index (κ3) is 11.2. The Morgan fingerprint density at radius 1 is 1.09 bits per heavy atom. The van der Waals surface area contributed by atoms with E-state index >= 15 is 0 Å². The molecule has 0 aromatic heterocycles. The quantitative estimate of drug-likeness (QED) is 0.572. The second-order valence-corrected chi connectivity index (χ2v) is 6.56. The lowest BCUT2D eigenvalue weighted by molar-refractivity contribution is 0.0197. The van der Waals surface area contributed by atoms with Gasteiger partial charge in [-0.2, -0.15) is 22.1 Å². The molecule has 12 heteroatoms. The molecule has 1 rings (SSSR count). The molecule has 0 saturated carbocycles. The van der Waals surface area contributed by atoms with Crippen LogP contribution in [0, 0.1) is 11.3 Å². The van der Waals surface area contributed by atoms with Crippen LogP contribution in [0.3, 0.4) is 0 Å². The summed E-state index contributed by atoms with van der Waals surface area (Å²) in [6.45, 7) is 3.10. The van der Waals surface area contributed by atoms with Crippen LogP contribution in [0.15, 0.2) is 30.3 Å². The SMILES string of the molecule is CC(C)(C#N)OC(=O)c1ccccc1.O=S(=O)(O)OS(=O)(=O)O. The number of benzene rings is 1. The summed E-state index contributed by atoms with van der Waals surface area (Å²) in [7, 11) is -10.2. The molecule has 0 unspecified atom stereocenters. The predicted molar refractivity (Wildman–Crippen MR) is 75.7 cm³/mol. The van der Waals surface area contributed by atoms with Crippen LogP contribution in [0.4, 0.5) is 0 Å². The fraction of sp³-hybridized carbons (Fsp3) is 0.273. The van der Waals surface area contributed by atoms with Gasteiger partial charge in [-0.25, -0.2) is 4.79 Å². The topological polar surface area (TPSA) is 168 Å². The average molecular weight is 367 g/mol. The minimum atomic E-state index is -5.12. The van der Waals surface area contributed by atoms with Crippen LogP contribution in [0.25, 0.3) is 0 Å². The Balaban J connectivity index is 0.000000468. The zero-order valence-electron chi connectivity index (χ0n) is 11.9. The summed E-state index contributed by atoms with van der Waals surface area (Å²) in [5.74, 6) is -0.475. The van der Waals surface area contributed by atoms with E-state index in [1.807, 2.05) is 12.1 Å². The molecule has 0 atom stereocenters. The number of ether oxygens (including phenoxy) is 1. The van der Waals surface area contributed by atoms with Crippen molar-refractivity contribution in [3.8, 4) is 6.07 Å². The zero-order valence-corrected chi connectivity index (χ0v) is 13.5. The molecule has 0 aliphatic carbocycles. The van der Waals surface area contributed by atoms with Crippen molar-refractivity contribution in [3.05, 3.63) is 35.9 Å². The summed E-state index contributed by atoms with van der Waals surface area (Å²) in [6, 6.07) is 10.5. The molecule has 0 bridgehead atoms. The van der Waals surface area contributed by atoms with E-state index in [1.165, 1.54) is 0 Å². The smallest absolute Gasteiger partial charge is 0.413 e. The predicted octanol–water partition coefficient (Wildman–Crippen LogP) is 0.754. The number of nitriles is 1. The Bertz CT molecular complexity index is 747. The first-order valence-corrected chi connectivity index (χ1v) is 8.34. The molecule has 128 valence electrons. The van der Waals surface area contributed by atoms with Crippen LogP contribution in [0.5, 0.6) is 0 Å². The second kappa shape index (κ2) is 7.99. The second-order valence-electron chi connectivity index (χ2n) is 4.30. The first kappa shape index (κ1) is 21.0. The first-order valence-electron chi connectivity index (χ1n) is 5.61. The fourth-order valence-corrected chi connectivity index (χ4v) is 1.87. The third-order valence-electron chi connectivity index (χ3n) is 1.80. The van der Waals surface area contributed by atoms with Gasteiger partial charge in [-0.3, -0.25) is 9.11 Å². The molecule has 1 aromatic carbocycles. The standard InChI is InChI=1S/C11H11NO2.H2O7S2/c1-11(2,8-12)14-10(13)9-6-4-3-5-7-9;1-8(2,3)7-9(4,5)6/h3-7H,1-2H3;(H,1,2,3)(H,4,5,6). The normalized spacial score (nSPS) is 11.6. The molecule has 0 radical (unpaired) electrons. The van der Waals surface area contributed by atoms with E-state index in [0.717, 1.165) is 0 Å². The van der Waals surface area contributed by atoms with Gasteiger partial charge in [0.15, 0.2) is 5.60 Å². The van der Waals surface area contributed by atoms with Gasteiger partial charge < -0.3 is 4.74 Å². The lowest BCUT2D eigenvalue weighted by Crippen LogP contribution is -2.25. The van der Waals surface area contributed by atoms with Gasteiger partial charge in [-0.15, -0.1) is 3.63 Å². The Kier molecular flexibility index (Phi) is 7.28. The molecule has 0 aliphatic heterocycles. The van der Waals surface area contributed by atoms with Crippen molar-refractivity contribution < 1.29 is 39.1 Å². The molecule has 1 aromatic rings. The van der Waals surface area contributed by atoms with Crippen molar-refractivity contribution in [2.45, 2.75) is 19.4 Å². The van der Waals surface area contributed by atoms with Crippen molar-refractivity contribution >= 4 is 26.8 Å². The maximum atomic E-state index is 11.4. The van der Waals surface area contributed by atoms with Gasteiger partial charge in [-0.05, 0) is 26.0 Å². The van der Waals surface area contributed by atoms with E-state index in [2.05, 4.69) is 3.63 Å². The van der Waals surface area contributed by atoms with E-state index in [0.29, 0.717) is 5.56 Å². The van der Waals surface area contributed by atoms with Crippen molar-refractivity contribution in [3.63, 3.8) is 0 Å². The molecule has 2 N–H and O–H groups in total. The summed E-state index contributed by atoms with van der Waals surface area (Å²) < 4.78 is 60.5. The van der Waals surface area contributed by atoms with Crippen LogP contribution in [0.2, 0.25) is 0 Å². The van der Waals surface area contributed by atoms with Crippen LogP contribution in [0.1, 0.15) is 24.2 Å². The van der Waals surface area contributed by atoms with E-state index in [1.54, 1.807) is 38.1 Å². The highest BCUT2D eigenvalue weighted by molar-refractivity contribution is 7.94. The Hall–Kier alpha value is -2.04. The van der Waals surface area contributed by atoms with Crippen LogP contribution in [-0.2, 0) is 29.2 Å². The van der Waals surface area contributed by atoms with Gasteiger partial charge in [0.2, 0.25) is 0 Å². The highest BCUT2D eigenvalue weighted by Crippen LogP contribution is 2.11. The molecule has 0 amide bonds. The van der Waals surface area contributed by atoms with Gasteiger partial charge in [0.05, 0.1) is 5.56 Å². The summed E-state index contributed by atoms with van der Waals surface area (Å²) >= 11 is 0. The lowest BCUT2D eigenvalue weighted by atomic mass is 10.1. The van der Waals surface area contributed by atoms with Crippen molar-refractivity contribution in [2.75, 3.05) is 0 Å². The summed E-state index contributed by atoms with van der Waals surface area (Å²) in [4.78, 5) is 11.4. The van der Waals surface area contributed by atoms with Crippen LogP contribution in [-0.4, -0.2) is 37.5 Å². The maximum Gasteiger partial charge on any atom is 0.413 e. The molecule has 0 spiro atoms. The van der Waals surface area contributed by atoms with Gasteiger partial charge >= 0.3 is 26.8 Å². The number of rotatable bonds is 4. The summed E-state index contributed by atoms with van der Waals surface area (Å²) in [5, 5.41) is 8.66. The monoisotopic (exact) mass is 367 g/mol. The summed E-state index contributed by atoms with van der Waals surface area (Å²) in [5.41, 5.74) is -0.622. The van der Waals surface area contributed by atoms with Gasteiger partial charge in [0, 0.05) is 0 Å². The van der Waals surface area contributed by atoms with Crippen molar-refractivity contribution in [2.24, 2.45) is 0 Å². The summed E-state index contributed by atoms with van der Waals surface area (Å²) in [6.07, 6.45) is 0. The molecular formula is C11H13NO9S2. The van der Waals surface area contributed by atoms with E-state index in [9.17, 15) is 21.6 Å². The third-order valence-corrected chi connectivity index (χ3v) is 3.17. The Labute approximate surface area is 133 Å². The largest absolute Gasteiger partial charge is 0.441 e. The van der Waals surface area contributed by atoms with Crippen LogP contribution < -0.4 is 0 Å². The molecular weight excluding hydrogens is 354 g/mol. The highest BCUT2D eigenvalue weighted by Gasteiger charge is 2.22. The number of hydrogen-bond acceptors (Lipinski definition) is 8. The number of nitrogens with zero attached hydrogens (tertiary/aromatic N) is 1. The van der Waals surface area contributed by atoms with E-state index in [4.69, 9.17) is 19.1 Å². The minimum absolute atomic E-state index is 0.454. The van der Waals surface area contributed by atoms with Crippen molar-refractivity contribution in [1.29, 1.82) is 5.26 Å². The van der Waals surface area contributed by atoms with E-state index < -0.39 is 32.4 Å². The van der Waals surface area contributed by atoms with Crippen molar-refractivity contribution in [1.82, 2.24) is 0 Å². The lowest BCUT2D eigenvalue weighted by Gasteiger charge is -2.16. The molecule has 23 heavy (non-hydrogen) atoms. The molecule has 0 saturated heterocycles. The molecule has 10 nitrogen and oxygen atoms in total. The molecule has 0 heterocycles. The van der Waals surface area contributed by atoms with Crippen LogP contribution >= 0.6 is 0 Å². The highest BCUT2D eigenvalue weighted by atomic mass is 32.3. The van der Waals surface area contributed by atoms with E-state index in [-0.39, 0.29) is 0 Å². The minimum Gasteiger partial charge on any atom is -0.441 e.